The first-order chi connectivity index (χ1) is 9.74. The van der Waals surface area contributed by atoms with E-state index in [1.165, 1.54) is 29.5 Å². The third-order valence-corrected chi connectivity index (χ3v) is 3.75. The Morgan fingerprint density at radius 2 is 2.29 bits per heavy atom. The molecule has 1 aromatic carbocycles. The summed E-state index contributed by atoms with van der Waals surface area (Å²) in [6.07, 6.45) is -1.03. The summed E-state index contributed by atoms with van der Waals surface area (Å²) in [5.74, 6) is -0.387. The van der Waals surface area contributed by atoms with Crippen molar-refractivity contribution >= 4 is 39.2 Å². The summed E-state index contributed by atoms with van der Waals surface area (Å²) < 4.78 is 42.6. The van der Waals surface area contributed by atoms with E-state index in [0.717, 1.165) is 0 Å². The molecule has 114 valence electrons. The Bertz CT molecular complexity index is 659. The molecular formula is C12H10ClF3N2O2S. The Hall–Kier alpha value is -1.54. The molecule has 0 saturated carbocycles. The highest BCUT2D eigenvalue weighted by Crippen LogP contribution is 2.27. The molecule has 2 aromatic rings. The molecule has 0 fully saturated rings. The molecule has 0 aliphatic rings. The van der Waals surface area contributed by atoms with Crippen molar-refractivity contribution in [1.82, 2.24) is 10.3 Å². The average Bonchev–Trinajstić information content (AvgIpc) is 2.78. The fraction of sp³-hybridized carbons (Fsp3) is 0.333. The number of nitrogens with zero attached hydrogens (tertiary/aromatic N) is 1. The molecule has 0 radical (unpaired) electrons. The van der Waals surface area contributed by atoms with Crippen molar-refractivity contribution in [2.75, 3.05) is 6.61 Å². The van der Waals surface area contributed by atoms with Gasteiger partial charge in [0.1, 0.15) is 10.8 Å². The number of alkyl carbamates (subject to hydrolysis) is 1. The second-order valence-electron chi connectivity index (χ2n) is 4.22. The zero-order chi connectivity index (χ0) is 15.6. The highest BCUT2D eigenvalue weighted by Gasteiger charge is 2.27. The van der Waals surface area contributed by atoms with Crippen LogP contribution >= 0.6 is 22.9 Å². The molecule has 1 N–H and O–H groups in total. The van der Waals surface area contributed by atoms with E-state index in [2.05, 4.69) is 26.6 Å². The molecule has 9 heteroatoms. The fourth-order valence-electron chi connectivity index (χ4n) is 1.53. The largest absolute Gasteiger partial charge is 0.442 e. The molecule has 1 heterocycles. The zero-order valence-corrected chi connectivity index (χ0v) is 12.3. The van der Waals surface area contributed by atoms with Gasteiger partial charge in [-0.25, -0.2) is 14.2 Å². The smallest absolute Gasteiger partial charge is 0.407 e. The predicted octanol–water partition coefficient (Wildman–Crippen LogP) is 4.05. The maximum atomic E-state index is 13.1. The number of halogens is 4. The lowest BCUT2D eigenvalue weighted by molar-refractivity contribution is 0.0145. The molecule has 1 unspecified atom stereocenters. The van der Waals surface area contributed by atoms with Crippen LogP contribution in [0.2, 0.25) is 0 Å². The monoisotopic (exact) mass is 338 g/mol. The van der Waals surface area contributed by atoms with Gasteiger partial charge in [-0.05, 0) is 36.7 Å². The second kappa shape index (κ2) is 6.07. The van der Waals surface area contributed by atoms with E-state index in [9.17, 15) is 18.0 Å². The van der Waals surface area contributed by atoms with Gasteiger partial charge in [0.25, 0.3) is 0 Å². The van der Waals surface area contributed by atoms with Gasteiger partial charge in [-0.1, -0.05) is 0 Å². The molecule has 4 nitrogen and oxygen atoms in total. The lowest BCUT2D eigenvalue weighted by atomic mass is 10.3. The van der Waals surface area contributed by atoms with E-state index >= 15 is 0 Å². The Kier molecular flexibility index (Phi) is 4.58. The van der Waals surface area contributed by atoms with Gasteiger partial charge in [0.2, 0.25) is 0 Å². The zero-order valence-electron chi connectivity index (χ0n) is 10.7. The van der Waals surface area contributed by atoms with Crippen LogP contribution in [0.1, 0.15) is 18.0 Å². The van der Waals surface area contributed by atoms with E-state index in [1.807, 2.05) is 0 Å². The SMILES string of the molecule is CC(NC(=O)OCC(F)(F)Cl)c1nc2ccc(F)cc2s1. The second-order valence-corrected chi connectivity index (χ2v) is 5.84. The molecule has 1 atom stereocenters. The number of hydrogen-bond acceptors (Lipinski definition) is 4. The summed E-state index contributed by atoms with van der Waals surface area (Å²) in [7, 11) is 0. The molecule has 0 saturated heterocycles. The van der Waals surface area contributed by atoms with Crippen LogP contribution in [0.25, 0.3) is 10.2 Å². The topological polar surface area (TPSA) is 51.2 Å². The highest BCUT2D eigenvalue weighted by molar-refractivity contribution is 7.18. The van der Waals surface area contributed by atoms with E-state index in [4.69, 9.17) is 0 Å². The number of aromatic nitrogens is 1. The van der Waals surface area contributed by atoms with Gasteiger partial charge in [-0.2, -0.15) is 8.78 Å². The average molecular weight is 339 g/mol. The maximum Gasteiger partial charge on any atom is 0.407 e. The molecular weight excluding hydrogens is 329 g/mol. The van der Waals surface area contributed by atoms with Gasteiger partial charge in [-0.15, -0.1) is 11.3 Å². The number of thiazole rings is 1. The molecule has 21 heavy (non-hydrogen) atoms. The number of amides is 1. The van der Waals surface area contributed by atoms with Crippen LogP contribution in [0.5, 0.6) is 0 Å². The first-order valence-corrected chi connectivity index (χ1v) is 7.00. The summed E-state index contributed by atoms with van der Waals surface area (Å²) in [5, 5.41) is -0.753. The maximum absolute atomic E-state index is 13.1. The summed E-state index contributed by atoms with van der Waals surface area (Å²) in [6.45, 7) is 0.381. The highest BCUT2D eigenvalue weighted by atomic mass is 35.5. The van der Waals surface area contributed by atoms with Crippen LogP contribution in [0.3, 0.4) is 0 Å². The molecule has 1 aromatic heterocycles. The third kappa shape index (κ3) is 4.47. The minimum atomic E-state index is -3.60. The Balaban J connectivity index is 2.01. The molecule has 0 spiro atoms. The first-order valence-electron chi connectivity index (χ1n) is 5.80. The van der Waals surface area contributed by atoms with E-state index < -0.39 is 24.1 Å². The van der Waals surface area contributed by atoms with Crippen molar-refractivity contribution in [3.05, 3.63) is 29.0 Å². The lowest BCUT2D eigenvalue weighted by Crippen LogP contribution is -2.30. The number of carbonyl (C=O) groups is 1. The van der Waals surface area contributed by atoms with Crippen molar-refractivity contribution in [2.24, 2.45) is 0 Å². The van der Waals surface area contributed by atoms with Crippen LogP contribution in [0.4, 0.5) is 18.0 Å². The van der Waals surface area contributed by atoms with Crippen molar-refractivity contribution in [1.29, 1.82) is 0 Å². The number of rotatable bonds is 4. The Morgan fingerprint density at radius 3 is 2.95 bits per heavy atom. The number of benzene rings is 1. The summed E-state index contributed by atoms with van der Waals surface area (Å²) in [6, 6.07) is 3.56. The van der Waals surface area contributed by atoms with Crippen LogP contribution in [-0.2, 0) is 4.74 Å². The van der Waals surface area contributed by atoms with Gasteiger partial charge >= 0.3 is 11.5 Å². The molecule has 0 aliphatic heterocycles. The van der Waals surface area contributed by atoms with Crippen LogP contribution < -0.4 is 5.32 Å². The number of alkyl halides is 3. The standard InChI is InChI=1S/C12H10ClF3N2O2S/c1-6(17-11(19)20-5-12(13,15)16)10-18-8-3-2-7(14)4-9(8)21-10/h2-4,6H,5H2,1H3,(H,17,19). The van der Waals surface area contributed by atoms with E-state index in [1.54, 1.807) is 6.92 Å². The Morgan fingerprint density at radius 1 is 1.57 bits per heavy atom. The Labute approximate surface area is 126 Å². The summed E-state index contributed by atoms with van der Waals surface area (Å²) >= 11 is 5.80. The van der Waals surface area contributed by atoms with Crippen molar-refractivity contribution in [3.8, 4) is 0 Å². The minimum absolute atomic E-state index is 0.387. The molecule has 0 bridgehead atoms. The molecule has 2 rings (SSSR count). The van der Waals surface area contributed by atoms with Crippen LogP contribution in [0.15, 0.2) is 18.2 Å². The van der Waals surface area contributed by atoms with Gasteiger partial charge in [-0.3, -0.25) is 0 Å². The van der Waals surface area contributed by atoms with Gasteiger partial charge in [0.05, 0.1) is 16.3 Å². The summed E-state index contributed by atoms with van der Waals surface area (Å²) in [4.78, 5) is 15.6. The lowest BCUT2D eigenvalue weighted by Gasteiger charge is -2.13. The quantitative estimate of drug-likeness (QED) is 0.855. The summed E-state index contributed by atoms with van der Waals surface area (Å²) in [5.41, 5.74) is 0.589. The number of fused-ring (bicyclic) bond motifs is 1. The third-order valence-electron chi connectivity index (χ3n) is 2.44. The van der Waals surface area contributed by atoms with E-state index in [-0.39, 0.29) is 5.82 Å². The number of ether oxygens (including phenoxy) is 1. The van der Waals surface area contributed by atoms with Gasteiger partial charge in [0.15, 0.2) is 6.61 Å². The first kappa shape index (κ1) is 15.8. The number of nitrogens with one attached hydrogen (secondary N) is 1. The number of hydrogen-bond donors (Lipinski definition) is 1. The van der Waals surface area contributed by atoms with Crippen molar-refractivity contribution in [2.45, 2.75) is 18.3 Å². The van der Waals surface area contributed by atoms with Crippen LogP contribution in [0, 0.1) is 5.82 Å². The van der Waals surface area contributed by atoms with Crippen molar-refractivity contribution in [3.63, 3.8) is 0 Å². The molecule has 1 amide bonds. The fourth-order valence-corrected chi connectivity index (χ4v) is 2.58. The minimum Gasteiger partial charge on any atom is -0.442 e. The molecule has 0 aliphatic carbocycles. The van der Waals surface area contributed by atoms with E-state index in [0.29, 0.717) is 15.2 Å². The van der Waals surface area contributed by atoms with Crippen molar-refractivity contribution < 1.29 is 22.7 Å². The van der Waals surface area contributed by atoms with Crippen LogP contribution in [-0.4, -0.2) is 23.1 Å². The van der Waals surface area contributed by atoms with Gasteiger partial charge in [0, 0.05) is 0 Å². The predicted molar refractivity (Wildman–Crippen MR) is 73.3 cm³/mol. The normalized spacial score (nSPS) is 13.2. The number of carbonyl (C=O) groups excluding carboxylic acids is 1. The van der Waals surface area contributed by atoms with Gasteiger partial charge < -0.3 is 10.1 Å².